The van der Waals surface area contributed by atoms with E-state index in [-0.39, 0.29) is 12.5 Å². The minimum absolute atomic E-state index is 0.0611. The molecule has 0 saturated carbocycles. The number of aryl methyl sites for hydroxylation is 2. The second-order valence-electron chi connectivity index (χ2n) is 4.55. The topological polar surface area (TPSA) is 50.7 Å². The van der Waals surface area contributed by atoms with Crippen molar-refractivity contribution in [2.45, 2.75) is 13.8 Å². The van der Waals surface area contributed by atoms with Gasteiger partial charge in [-0.15, -0.1) is 11.3 Å². The van der Waals surface area contributed by atoms with Crippen LogP contribution in [-0.4, -0.2) is 18.7 Å². The Kier molecular flexibility index (Phi) is 5.52. The van der Waals surface area contributed by atoms with E-state index in [9.17, 15) is 4.79 Å². The normalized spacial score (nSPS) is 10.8. The molecule has 0 atom stereocenters. The van der Waals surface area contributed by atoms with E-state index in [1.807, 2.05) is 38.1 Å². The van der Waals surface area contributed by atoms with Gasteiger partial charge in [0.05, 0.1) is 10.0 Å². The lowest BCUT2D eigenvalue weighted by atomic mass is 10.1. The van der Waals surface area contributed by atoms with Crippen LogP contribution in [0.4, 0.5) is 0 Å². The number of hydrogen-bond donors (Lipinski definition) is 1. The summed E-state index contributed by atoms with van der Waals surface area (Å²) in [7, 11) is 0. The van der Waals surface area contributed by atoms with Gasteiger partial charge in [-0.2, -0.15) is 5.10 Å². The van der Waals surface area contributed by atoms with E-state index in [2.05, 4.69) is 32.5 Å². The Morgan fingerprint density at radius 2 is 2.05 bits per heavy atom. The van der Waals surface area contributed by atoms with Gasteiger partial charge in [-0.05, 0) is 65.2 Å². The average Bonchev–Trinajstić information content (AvgIpc) is 2.81. The van der Waals surface area contributed by atoms with Crippen LogP contribution in [-0.2, 0) is 4.79 Å². The molecule has 1 N–H and O–H groups in total. The van der Waals surface area contributed by atoms with Crippen LogP contribution in [0.2, 0.25) is 0 Å². The van der Waals surface area contributed by atoms with Crippen molar-refractivity contribution in [2.24, 2.45) is 5.10 Å². The zero-order valence-electron chi connectivity index (χ0n) is 11.7. The van der Waals surface area contributed by atoms with Crippen molar-refractivity contribution in [2.75, 3.05) is 6.61 Å². The Hall–Kier alpha value is -1.66. The lowest BCUT2D eigenvalue weighted by molar-refractivity contribution is -0.123. The summed E-state index contributed by atoms with van der Waals surface area (Å²) in [6.45, 7) is 3.92. The summed E-state index contributed by atoms with van der Waals surface area (Å²) in [6, 6.07) is 9.68. The highest BCUT2D eigenvalue weighted by Crippen LogP contribution is 2.20. The molecule has 0 unspecified atom stereocenters. The van der Waals surface area contributed by atoms with Crippen molar-refractivity contribution in [3.05, 3.63) is 50.1 Å². The fourth-order valence-corrected chi connectivity index (χ4v) is 3.06. The predicted octanol–water partition coefficient (Wildman–Crippen LogP) is 3.66. The van der Waals surface area contributed by atoms with Crippen LogP contribution in [0.5, 0.6) is 5.75 Å². The van der Waals surface area contributed by atoms with Crippen LogP contribution in [0, 0.1) is 13.8 Å². The first-order chi connectivity index (χ1) is 10.0. The van der Waals surface area contributed by atoms with Crippen molar-refractivity contribution in [1.29, 1.82) is 0 Å². The molecule has 0 spiro atoms. The standard InChI is InChI=1S/C15H15BrN2O2S/c1-10-5-11(2)7-12(6-10)20-9-15(19)18-17-8-13-3-4-14(16)21-13/h3-8H,9H2,1-2H3,(H,18,19). The molecule has 2 rings (SSSR count). The number of rotatable bonds is 5. The van der Waals surface area contributed by atoms with Gasteiger partial charge in [0.1, 0.15) is 5.75 Å². The maximum absolute atomic E-state index is 11.6. The largest absolute Gasteiger partial charge is 0.484 e. The third-order valence-corrected chi connectivity index (χ3v) is 4.10. The first-order valence-corrected chi connectivity index (χ1v) is 7.92. The smallest absolute Gasteiger partial charge is 0.277 e. The molecule has 2 aromatic rings. The van der Waals surface area contributed by atoms with E-state index in [0.29, 0.717) is 5.75 Å². The van der Waals surface area contributed by atoms with Crippen LogP contribution in [0.15, 0.2) is 39.2 Å². The van der Waals surface area contributed by atoms with E-state index in [0.717, 1.165) is 19.8 Å². The number of benzene rings is 1. The van der Waals surface area contributed by atoms with Gasteiger partial charge in [-0.3, -0.25) is 4.79 Å². The number of amides is 1. The van der Waals surface area contributed by atoms with E-state index in [4.69, 9.17) is 4.74 Å². The molecule has 0 aliphatic carbocycles. The van der Waals surface area contributed by atoms with E-state index >= 15 is 0 Å². The maximum Gasteiger partial charge on any atom is 0.277 e. The van der Waals surface area contributed by atoms with Gasteiger partial charge in [0.25, 0.3) is 5.91 Å². The van der Waals surface area contributed by atoms with Crippen LogP contribution in [0.3, 0.4) is 0 Å². The molecule has 4 nitrogen and oxygen atoms in total. The molecule has 1 aromatic heterocycles. The molecule has 0 aliphatic heterocycles. The van der Waals surface area contributed by atoms with Crippen LogP contribution >= 0.6 is 27.3 Å². The number of ether oxygens (including phenoxy) is 1. The average molecular weight is 367 g/mol. The van der Waals surface area contributed by atoms with E-state index < -0.39 is 0 Å². The van der Waals surface area contributed by atoms with Crippen molar-refractivity contribution in [1.82, 2.24) is 5.43 Å². The Labute approximate surface area is 136 Å². The number of nitrogens with zero attached hydrogens (tertiary/aromatic N) is 1. The third-order valence-electron chi connectivity index (χ3n) is 2.54. The number of hydrazone groups is 1. The van der Waals surface area contributed by atoms with Crippen LogP contribution in [0.1, 0.15) is 16.0 Å². The highest BCUT2D eigenvalue weighted by Gasteiger charge is 2.02. The summed E-state index contributed by atoms with van der Waals surface area (Å²) in [4.78, 5) is 12.6. The zero-order valence-corrected chi connectivity index (χ0v) is 14.1. The molecule has 21 heavy (non-hydrogen) atoms. The summed E-state index contributed by atoms with van der Waals surface area (Å²) in [5.74, 6) is 0.398. The number of carbonyl (C=O) groups excluding carboxylic acids is 1. The first-order valence-electron chi connectivity index (χ1n) is 6.31. The number of thiophene rings is 1. The summed E-state index contributed by atoms with van der Waals surface area (Å²) >= 11 is 4.90. The molecule has 0 bridgehead atoms. The molecule has 0 saturated heterocycles. The van der Waals surface area contributed by atoms with Gasteiger partial charge in [-0.25, -0.2) is 5.43 Å². The van der Waals surface area contributed by atoms with Crippen molar-refractivity contribution in [3.8, 4) is 5.75 Å². The lowest BCUT2D eigenvalue weighted by Crippen LogP contribution is -2.24. The number of halogens is 1. The van der Waals surface area contributed by atoms with Crippen molar-refractivity contribution < 1.29 is 9.53 Å². The summed E-state index contributed by atoms with van der Waals surface area (Å²) < 4.78 is 6.47. The van der Waals surface area contributed by atoms with Gasteiger partial charge in [0, 0.05) is 4.88 Å². The molecular weight excluding hydrogens is 352 g/mol. The Balaban J connectivity index is 1.80. The maximum atomic E-state index is 11.6. The van der Waals surface area contributed by atoms with Gasteiger partial charge < -0.3 is 4.74 Å². The predicted molar refractivity (Wildman–Crippen MR) is 89.2 cm³/mol. The molecule has 110 valence electrons. The molecule has 1 aromatic carbocycles. The number of carbonyl (C=O) groups is 1. The van der Waals surface area contributed by atoms with Gasteiger partial charge in [-0.1, -0.05) is 6.07 Å². The first kappa shape index (κ1) is 15.7. The summed E-state index contributed by atoms with van der Waals surface area (Å²) in [5, 5.41) is 3.89. The molecule has 0 radical (unpaired) electrons. The number of nitrogens with one attached hydrogen (secondary N) is 1. The quantitative estimate of drug-likeness (QED) is 0.648. The highest BCUT2D eigenvalue weighted by molar-refractivity contribution is 9.11. The minimum Gasteiger partial charge on any atom is -0.484 e. The fourth-order valence-electron chi connectivity index (χ4n) is 1.76. The lowest BCUT2D eigenvalue weighted by Gasteiger charge is -2.07. The van der Waals surface area contributed by atoms with Crippen LogP contribution < -0.4 is 10.2 Å². The Bertz CT molecular complexity index is 647. The molecule has 1 heterocycles. The van der Waals surface area contributed by atoms with E-state index in [1.165, 1.54) is 11.3 Å². The van der Waals surface area contributed by atoms with Gasteiger partial charge >= 0.3 is 0 Å². The SMILES string of the molecule is Cc1cc(C)cc(OCC(=O)NN=Cc2ccc(Br)s2)c1. The highest BCUT2D eigenvalue weighted by atomic mass is 79.9. The fraction of sp³-hybridized carbons (Fsp3) is 0.200. The summed E-state index contributed by atoms with van der Waals surface area (Å²) in [6.07, 6.45) is 1.60. The van der Waals surface area contributed by atoms with E-state index in [1.54, 1.807) is 6.21 Å². The zero-order chi connectivity index (χ0) is 15.2. The monoisotopic (exact) mass is 366 g/mol. The molecule has 1 amide bonds. The molecule has 0 fully saturated rings. The number of hydrogen-bond acceptors (Lipinski definition) is 4. The van der Waals surface area contributed by atoms with Crippen molar-refractivity contribution in [3.63, 3.8) is 0 Å². The van der Waals surface area contributed by atoms with Crippen LogP contribution in [0.25, 0.3) is 0 Å². The Morgan fingerprint density at radius 1 is 1.33 bits per heavy atom. The Morgan fingerprint density at radius 3 is 2.67 bits per heavy atom. The minimum atomic E-state index is -0.291. The molecule has 0 aliphatic rings. The second kappa shape index (κ2) is 7.38. The third kappa shape index (κ3) is 5.32. The molecular formula is C15H15BrN2O2S. The molecule has 6 heteroatoms. The second-order valence-corrected chi connectivity index (χ2v) is 7.04. The van der Waals surface area contributed by atoms with Gasteiger partial charge in [0.2, 0.25) is 0 Å². The van der Waals surface area contributed by atoms with Crippen molar-refractivity contribution >= 4 is 39.4 Å². The summed E-state index contributed by atoms with van der Waals surface area (Å²) in [5.41, 5.74) is 4.64. The van der Waals surface area contributed by atoms with Gasteiger partial charge in [0.15, 0.2) is 6.61 Å².